The molecular weight excluding hydrogens is 1310 g/mol. The Hall–Kier alpha value is -0.420. The average molecular weight is 1340 g/mol. The molecule has 0 aliphatic carbocycles. The van der Waals surface area contributed by atoms with E-state index in [1.54, 1.807) is 37.6 Å². The first-order valence-electron chi connectivity index (χ1n) is 9.88. The van der Waals surface area contributed by atoms with Crippen LogP contribution >= 0.6 is 0 Å². The number of pyridine rings is 2. The van der Waals surface area contributed by atoms with E-state index in [0.717, 1.165) is 0 Å². The fourth-order valence-electron chi connectivity index (χ4n) is 1.73. The van der Waals surface area contributed by atoms with E-state index in [0.29, 0.717) is 22.4 Å². The number of carbonyl (C=O) groups excluding carboxylic acids is 4. The van der Waals surface area contributed by atoms with Gasteiger partial charge in [0, 0.05) is 145 Å². The Bertz CT molecular complexity index is 960. The summed E-state index contributed by atoms with van der Waals surface area (Å²) in [6, 6.07) is 3.23. The number of hydrogen-bond acceptors (Lipinski definition) is 7. The Morgan fingerprint density at radius 2 is 0.845 bits per heavy atom. The summed E-state index contributed by atoms with van der Waals surface area (Å²) in [5, 5.41) is 23.0. The van der Waals surface area contributed by atoms with Crippen molar-refractivity contribution >= 4 is 29.5 Å². The van der Waals surface area contributed by atoms with E-state index in [1.807, 2.05) is 0 Å². The van der Waals surface area contributed by atoms with Crippen molar-refractivity contribution in [2.45, 2.75) is 55.1 Å². The van der Waals surface area contributed by atoms with Crippen LogP contribution < -0.4 is 15.4 Å². The number of rotatable bonds is 4. The number of Topliss-reactive ketones (excluding diaryl/α,β-unsaturated/α-hetero) is 3. The van der Waals surface area contributed by atoms with Crippen LogP contribution in [0.25, 0.3) is 0 Å². The maximum atomic E-state index is 11.8. The number of nitrogens with one attached hydrogen (secondary N) is 3. The predicted molar refractivity (Wildman–Crippen MR) is 135 cm³/mol. The van der Waals surface area contributed by atoms with Gasteiger partial charge in [-0.25, -0.2) is 15.4 Å². The summed E-state index contributed by atoms with van der Waals surface area (Å²) in [7, 11) is 0. The van der Waals surface area contributed by atoms with Crippen LogP contribution in [0.15, 0.2) is 35.8 Å². The number of hydrazone groups is 1. The smallest absolute Gasteiger partial charge is 0.271 e. The molecule has 0 saturated heterocycles. The second kappa shape index (κ2) is 124. The number of hydrogen-bond donors (Lipinski definition) is 3. The molecular formula is C23H34Mo6N4O25-36. The Morgan fingerprint density at radius 3 is 1.09 bits per heavy atom. The molecule has 0 aliphatic rings. The van der Waals surface area contributed by atoms with Crippen LogP contribution in [0.1, 0.15) is 68.7 Å². The monoisotopic (exact) mass is 1350 g/mol. The third kappa shape index (κ3) is 124. The first-order valence-corrected chi connectivity index (χ1v) is 9.88. The van der Waals surface area contributed by atoms with E-state index in [1.165, 1.54) is 47.8 Å². The third-order valence-corrected chi connectivity index (χ3v) is 2.93. The number of aromatic nitrogens is 2. The van der Waals surface area contributed by atoms with Crippen LogP contribution in [0.5, 0.6) is 5.75 Å². The molecule has 1 amide bonds. The molecule has 0 atom stereocenters. The van der Waals surface area contributed by atoms with Crippen LogP contribution in [0.2, 0.25) is 0 Å². The van der Waals surface area contributed by atoms with Gasteiger partial charge in [0.1, 0.15) is 17.3 Å². The number of aromatic hydroxyl groups is 1. The maximum absolute atomic E-state index is 11.8. The number of aryl methyl sites for hydroxylation is 1. The molecule has 0 spiro atoms. The van der Waals surface area contributed by atoms with Crippen molar-refractivity contribution < 1.29 is 270 Å². The molecule has 0 fully saturated rings. The SMILES string of the molecule is CC(C)=O.CC(C)=O.CC(C)=O.Cc1[nH+]cc(CO)c(/C=N/NC(=O)c2cc[nH+]cc2)c1O.[Mo].[Mo].[Mo].[Mo].[Mo].[Mo].[O-2].[O-2].[O-2].[O-2].[O-2].[O-2].[O-2].[O-2].[O-2].[O-2].[O-2].[O-2].[O-2].[O-2].[O-2].[O-2].[O-2].[O-2].[O-2]. The summed E-state index contributed by atoms with van der Waals surface area (Å²) in [6.07, 6.45) is 6.13. The minimum atomic E-state index is -0.371. The second-order valence-corrected chi connectivity index (χ2v) is 7.07. The predicted octanol–water partition coefficient (Wildman–Crippen LogP) is -0.901. The molecule has 2 aromatic rings. The summed E-state index contributed by atoms with van der Waals surface area (Å²) in [6.45, 7) is 10.6. The molecule has 0 bridgehead atoms. The number of H-pyrrole nitrogens is 2. The summed E-state index contributed by atoms with van der Waals surface area (Å²) < 4.78 is 0. The fraction of sp³-hybridized carbons (Fsp3) is 0.348. The molecule has 29 nitrogen and oxygen atoms in total. The van der Waals surface area contributed by atoms with Gasteiger partial charge in [0.2, 0.25) is 5.69 Å². The molecule has 0 aliphatic heterocycles. The van der Waals surface area contributed by atoms with Crippen molar-refractivity contribution in [3.63, 3.8) is 0 Å². The summed E-state index contributed by atoms with van der Waals surface area (Å²) in [5.74, 6) is 0.110. The van der Waals surface area contributed by atoms with Gasteiger partial charge in [-0.15, -0.1) is 0 Å². The summed E-state index contributed by atoms with van der Waals surface area (Å²) in [5.41, 5.74) is 4.19. The minimum absolute atomic E-state index is 0. The number of aromatic amines is 2. The topological polar surface area (TPSA) is 703 Å². The first kappa shape index (κ1) is 197. The van der Waals surface area contributed by atoms with Gasteiger partial charge in [-0.2, -0.15) is 5.10 Å². The van der Waals surface area contributed by atoms with Crippen molar-refractivity contribution in [2.24, 2.45) is 5.10 Å². The standard InChI is InChI=1S/C14H14N4O3.3C3H6O.6Mo.19O/c1-9-13(20)12(11(8-19)6-16-9)7-17-18-14(21)10-2-4-15-5-3-10;3*1-3(2)4;;;;;;;;;;;;;;;;;;;;;;;;;/h2-7,19-20H,8H2,1H3,(H,18,21);3*1-2H3;;;;;;;;;;;;;;;;;;;;;;;;;/q;;;;;;;;;;19*-2/p+2/b17-7+;;;;;;;;;;;;;;;;;;;;;;;;;;;;. The van der Waals surface area contributed by atoms with Gasteiger partial charge in [-0.05, 0) is 41.5 Å². The van der Waals surface area contributed by atoms with Crippen LogP contribution in [-0.4, -0.2) is 39.7 Å². The quantitative estimate of drug-likeness (QED) is 0.198. The summed E-state index contributed by atoms with van der Waals surface area (Å²) >= 11 is 0. The number of aliphatic hydroxyl groups excluding tert-OH is 1. The zero-order chi connectivity index (χ0) is 26.0. The number of aliphatic hydroxyl groups is 1. The Morgan fingerprint density at radius 1 is 0.586 bits per heavy atom. The number of nitrogens with zero attached hydrogens (tertiary/aromatic N) is 1. The van der Waals surface area contributed by atoms with Crippen molar-refractivity contribution in [1.82, 2.24) is 5.43 Å². The zero-order valence-corrected chi connectivity index (χ0v) is 42.4. The molecule has 0 saturated carbocycles. The Kier molecular flexibility index (Phi) is 421. The van der Waals surface area contributed by atoms with Gasteiger partial charge in [-0.3, -0.25) is 4.79 Å². The summed E-state index contributed by atoms with van der Waals surface area (Å²) in [4.78, 5) is 45.8. The van der Waals surface area contributed by atoms with Crippen LogP contribution in [0.3, 0.4) is 0 Å². The van der Waals surface area contributed by atoms with E-state index < -0.39 is 0 Å². The number of carbonyl (C=O) groups is 4. The van der Waals surface area contributed by atoms with E-state index in [2.05, 4.69) is 20.5 Å². The van der Waals surface area contributed by atoms with Crippen molar-refractivity contribution in [1.29, 1.82) is 0 Å². The van der Waals surface area contributed by atoms with Crippen molar-refractivity contribution in [2.75, 3.05) is 0 Å². The molecule has 368 valence electrons. The largest absolute Gasteiger partial charge is 2.00 e. The second-order valence-electron chi connectivity index (χ2n) is 7.07. The van der Waals surface area contributed by atoms with Gasteiger partial charge in [0.05, 0.1) is 29.5 Å². The molecule has 2 heterocycles. The minimum Gasteiger partial charge on any atom is -2.00 e. The van der Waals surface area contributed by atoms with Crippen molar-refractivity contribution in [3.8, 4) is 5.75 Å². The molecule has 0 radical (unpaired) electrons. The van der Waals surface area contributed by atoms with Gasteiger partial charge >= 0.3 is 0 Å². The molecule has 58 heavy (non-hydrogen) atoms. The van der Waals surface area contributed by atoms with Crippen LogP contribution in [0, 0.1) is 6.92 Å². The van der Waals surface area contributed by atoms with E-state index >= 15 is 0 Å². The van der Waals surface area contributed by atoms with Gasteiger partial charge in [-0.1, -0.05) is 0 Å². The molecule has 5 N–H and O–H groups in total. The maximum Gasteiger partial charge on any atom is 0.271 e. The number of amides is 1. The fourth-order valence-corrected chi connectivity index (χ4v) is 1.73. The Balaban J connectivity index is -0.00000000944. The van der Waals surface area contributed by atoms with Gasteiger partial charge < -0.3 is 129 Å². The molecule has 0 aromatic carbocycles. The first-order chi connectivity index (χ1) is 15.3. The molecule has 2 rings (SSSR count). The van der Waals surface area contributed by atoms with Crippen molar-refractivity contribution in [3.05, 3.63) is 53.1 Å². The molecule has 35 heteroatoms. The Labute approximate surface area is 420 Å². The van der Waals surface area contributed by atoms with E-state index in [-0.39, 0.29) is 266 Å². The van der Waals surface area contributed by atoms with E-state index in [4.69, 9.17) is 0 Å². The third-order valence-electron chi connectivity index (χ3n) is 2.93. The molecule has 2 aromatic heterocycles. The zero-order valence-electron chi connectivity index (χ0n) is 30.4. The van der Waals surface area contributed by atoms with Crippen LogP contribution in [0.4, 0.5) is 0 Å². The van der Waals surface area contributed by atoms with Gasteiger partial charge in [0.15, 0.2) is 24.3 Å². The van der Waals surface area contributed by atoms with E-state index in [9.17, 15) is 29.4 Å². The van der Waals surface area contributed by atoms with Crippen LogP contribution in [-0.2, 0) is 251 Å². The normalized spacial score (nSPS) is 5.24. The van der Waals surface area contributed by atoms with Gasteiger partial charge in [0.25, 0.3) is 5.91 Å². The number of ketones is 3. The average Bonchev–Trinajstić information content (AvgIpc) is 2.70. The molecule has 0 unspecified atom stereocenters.